The lowest BCUT2D eigenvalue weighted by Gasteiger charge is -2.22. The molecule has 0 fully saturated rings. The Morgan fingerprint density at radius 2 is 1.73 bits per heavy atom. The zero-order valence-electron chi connectivity index (χ0n) is 15.2. The third-order valence-electron chi connectivity index (χ3n) is 4.02. The van der Waals surface area contributed by atoms with Crippen molar-refractivity contribution in [2.24, 2.45) is 0 Å². The first-order valence-corrected chi connectivity index (χ1v) is 10.1. The van der Waals surface area contributed by atoms with Gasteiger partial charge in [-0.15, -0.1) is 0 Å². The summed E-state index contributed by atoms with van der Waals surface area (Å²) in [4.78, 5) is 12.3. The van der Waals surface area contributed by atoms with Gasteiger partial charge in [-0.05, 0) is 35.7 Å². The number of anilines is 1. The SMILES string of the molecule is COc1ccc(N(CC(=O)NC[C@H](C)c2ccccc2)S(C)(=O)=O)cc1. The normalized spacial score (nSPS) is 12.3. The van der Waals surface area contributed by atoms with Crippen molar-refractivity contribution in [2.75, 3.05) is 30.8 Å². The largest absolute Gasteiger partial charge is 0.497 e. The van der Waals surface area contributed by atoms with Crippen molar-refractivity contribution in [1.29, 1.82) is 0 Å². The maximum Gasteiger partial charge on any atom is 0.240 e. The van der Waals surface area contributed by atoms with Crippen LogP contribution in [0.1, 0.15) is 18.4 Å². The maximum absolute atomic E-state index is 12.3. The van der Waals surface area contributed by atoms with Gasteiger partial charge in [-0.25, -0.2) is 8.42 Å². The van der Waals surface area contributed by atoms with Gasteiger partial charge in [0, 0.05) is 6.54 Å². The predicted octanol–water partition coefficient (Wildman–Crippen LogP) is 2.38. The Kier molecular flexibility index (Phi) is 6.63. The number of amides is 1. The third kappa shape index (κ3) is 5.49. The van der Waals surface area contributed by atoms with E-state index in [9.17, 15) is 13.2 Å². The highest BCUT2D eigenvalue weighted by Gasteiger charge is 2.21. The van der Waals surface area contributed by atoms with Crippen LogP contribution in [0, 0.1) is 0 Å². The van der Waals surface area contributed by atoms with Crippen molar-refractivity contribution < 1.29 is 17.9 Å². The van der Waals surface area contributed by atoms with Crippen LogP contribution in [-0.2, 0) is 14.8 Å². The van der Waals surface area contributed by atoms with Gasteiger partial charge in [0.15, 0.2) is 0 Å². The molecule has 1 N–H and O–H groups in total. The van der Waals surface area contributed by atoms with E-state index >= 15 is 0 Å². The topological polar surface area (TPSA) is 75.7 Å². The third-order valence-corrected chi connectivity index (χ3v) is 5.16. The highest BCUT2D eigenvalue weighted by Crippen LogP contribution is 2.21. The molecule has 2 aromatic carbocycles. The molecule has 140 valence electrons. The number of carbonyl (C=O) groups excluding carboxylic acids is 1. The Balaban J connectivity index is 2.02. The minimum atomic E-state index is -3.59. The number of carbonyl (C=O) groups is 1. The van der Waals surface area contributed by atoms with Crippen LogP contribution in [0.2, 0.25) is 0 Å². The summed E-state index contributed by atoms with van der Waals surface area (Å²) in [6.07, 6.45) is 1.08. The minimum Gasteiger partial charge on any atom is -0.497 e. The number of ether oxygens (including phenoxy) is 1. The van der Waals surface area contributed by atoms with E-state index in [2.05, 4.69) is 5.32 Å². The quantitative estimate of drug-likeness (QED) is 0.767. The van der Waals surface area contributed by atoms with Gasteiger partial charge < -0.3 is 10.1 Å². The van der Waals surface area contributed by atoms with Gasteiger partial charge in [0.25, 0.3) is 0 Å². The van der Waals surface area contributed by atoms with Gasteiger partial charge in [0.05, 0.1) is 19.1 Å². The summed E-state index contributed by atoms with van der Waals surface area (Å²) in [7, 11) is -2.06. The van der Waals surface area contributed by atoms with Crippen molar-refractivity contribution in [3.05, 3.63) is 60.2 Å². The fourth-order valence-electron chi connectivity index (χ4n) is 2.50. The van der Waals surface area contributed by atoms with Crippen molar-refractivity contribution in [1.82, 2.24) is 5.32 Å². The molecule has 0 aliphatic rings. The molecular formula is C19H24N2O4S. The molecule has 0 unspecified atom stereocenters. The van der Waals surface area contributed by atoms with Crippen molar-refractivity contribution >= 4 is 21.6 Å². The molecule has 0 heterocycles. The number of hydrogen-bond acceptors (Lipinski definition) is 4. The average molecular weight is 376 g/mol. The molecule has 0 saturated carbocycles. The summed E-state index contributed by atoms with van der Waals surface area (Å²) < 4.78 is 30.3. The van der Waals surface area contributed by atoms with Crippen LogP contribution in [0.3, 0.4) is 0 Å². The second-order valence-electron chi connectivity index (χ2n) is 6.08. The number of methoxy groups -OCH3 is 1. The smallest absolute Gasteiger partial charge is 0.240 e. The molecule has 26 heavy (non-hydrogen) atoms. The van der Waals surface area contributed by atoms with E-state index in [-0.39, 0.29) is 18.4 Å². The summed E-state index contributed by atoms with van der Waals surface area (Å²) in [5.74, 6) is 0.394. The number of nitrogens with zero attached hydrogens (tertiary/aromatic N) is 1. The Labute approximate surface area is 154 Å². The summed E-state index contributed by atoms with van der Waals surface area (Å²) in [5, 5.41) is 2.81. The van der Waals surface area contributed by atoms with Gasteiger partial charge in [-0.1, -0.05) is 37.3 Å². The molecule has 2 aromatic rings. The van der Waals surface area contributed by atoms with E-state index in [0.29, 0.717) is 18.0 Å². The van der Waals surface area contributed by atoms with Crippen molar-refractivity contribution in [3.63, 3.8) is 0 Å². The van der Waals surface area contributed by atoms with Gasteiger partial charge in [0.1, 0.15) is 12.3 Å². The number of rotatable bonds is 8. The van der Waals surface area contributed by atoms with E-state index in [1.807, 2.05) is 37.3 Å². The van der Waals surface area contributed by atoms with E-state index in [0.717, 1.165) is 16.1 Å². The second-order valence-corrected chi connectivity index (χ2v) is 7.99. The Hall–Kier alpha value is -2.54. The van der Waals surface area contributed by atoms with Gasteiger partial charge in [-0.3, -0.25) is 9.10 Å². The first kappa shape index (κ1) is 19.8. The number of nitrogens with one attached hydrogen (secondary N) is 1. The molecule has 0 aromatic heterocycles. The maximum atomic E-state index is 12.3. The Morgan fingerprint density at radius 3 is 2.27 bits per heavy atom. The lowest BCUT2D eigenvalue weighted by Crippen LogP contribution is -2.41. The van der Waals surface area contributed by atoms with Crippen LogP contribution in [0.25, 0.3) is 0 Å². The number of benzene rings is 2. The van der Waals surface area contributed by atoms with Gasteiger partial charge in [-0.2, -0.15) is 0 Å². The zero-order valence-corrected chi connectivity index (χ0v) is 16.0. The second kappa shape index (κ2) is 8.71. The molecule has 0 saturated heterocycles. The van der Waals surface area contributed by atoms with Crippen LogP contribution < -0.4 is 14.4 Å². The molecule has 0 radical (unpaired) electrons. The first-order chi connectivity index (χ1) is 12.3. The molecular weight excluding hydrogens is 352 g/mol. The molecule has 1 atom stereocenters. The predicted molar refractivity (Wildman–Crippen MR) is 103 cm³/mol. The molecule has 2 rings (SSSR count). The minimum absolute atomic E-state index is 0.132. The summed E-state index contributed by atoms with van der Waals surface area (Å²) >= 11 is 0. The zero-order chi connectivity index (χ0) is 19.2. The molecule has 0 aliphatic heterocycles. The van der Waals surface area contributed by atoms with Crippen LogP contribution >= 0.6 is 0 Å². The Bertz CT molecular complexity index is 820. The number of sulfonamides is 1. The summed E-state index contributed by atoms with van der Waals surface area (Å²) in [6.45, 7) is 2.17. The fraction of sp³-hybridized carbons (Fsp3) is 0.316. The van der Waals surface area contributed by atoms with Crippen LogP contribution in [0.5, 0.6) is 5.75 Å². The van der Waals surface area contributed by atoms with Gasteiger partial charge in [0.2, 0.25) is 15.9 Å². The van der Waals surface area contributed by atoms with Crippen LogP contribution in [0.15, 0.2) is 54.6 Å². The lowest BCUT2D eigenvalue weighted by atomic mass is 10.0. The van der Waals surface area contributed by atoms with E-state index in [4.69, 9.17) is 4.74 Å². The van der Waals surface area contributed by atoms with Crippen LogP contribution in [-0.4, -0.2) is 40.8 Å². The standard InChI is InChI=1S/C19H24N2O4S/c1-15(16-7-5-4-6-8-16)13-20-19(22)14-21(26(3,23)24)17-9-11-18(25-2)12-10-17/h4-12,15H,13-14H2,1-3H3,(H,20,22)/t15-/m0/s1. The van der Waals surface area contributed by atoms with Crippen molar-refractivity contribution in [3.8, 4) is 5.75 Å². The van der Waals surface area contributed by atoms with E-state index in [1.165, 1.54) is 7.11 Å². The first-order valence-electron chi connectivity index (χ1n) is 8.24. The van der Waals surface area contributed by atoms with E-state index < -0.39 is 10.0 Å². The molecule has 0 aliphatic carbocycles. The lowest BCUT2D eigenvalue weighted by molar-refractivity contribution is -0.119. The highest BCUT2D eigenvalue weighted by atomic mass is 32.2. The number of hydrogen-bond donors (Lipinski definition) is 1. The molecule has 0 spiro atoms. The molecule has 0 bridgehead atoms. The van der Waals surface area contributed by atoms with Crippen molar-refractivity contribution in [2.45, 2.75) is 12.8 Å². The average Bonchev–Trinajstić information content (AvgIpc) is 2.64. The summed E-state index contributed by atoms with van der Waals surface area (Å²) in [5.41, 5.74) is 1.53. The monoisotopic (exact) mass is 376 g/mol. The van der Waals surface area contributed by atoms with E-state index in [1.54, 1.807) is 24.3 Å². The van der Waals surface area contributed by atoms with Gasteiger partial charge >= 0.3 is 0 Å². The highest BCUT2D eigenvalue weighted by molar-refractivity contribution is 7.92. The molecule has 7 heteroatoms. The fourth-order valence-corrected chi connectivity index (χ4v) is 3.36. The van der Waals surface area contributed by atoms with Crippen LogP contribution in [0.4, 0.5) is 5.69 Å². The molecule has 6 nitrogen and oxygen atoms in total. The molecule has 1 amide bonds. The Morgan fingerprint density at radius 1 is 1.12 bits per heavy atom. The summed E-state index contributed by atoms with van der Waals surface area (Å²) in [6, 6.07) is 16.4.